The Balaban J connectivity index is 2.20. The van der Waals surface area contributed by atoms with E-state index in [0.717, 1.165) is 16.6 Å². The van der Waals surface area contributed by atoms with Gasteiger partial charge in [-0.25, -0.2) is 0 Å². The minimum Gasteiger partial charge on any atom is -0.390 e. The molecule has 0 fully saturated rings. The van der Waals surface area contributed by atoms with Gasteiger partial charge in [0, 0.05) is 23.8 Å². The quantitative estimate of drug-likeness (QED) is 0.820. The maximum absolute atomic E-state index is 9.37. The summed E-state index contributed by atoms with van der Waals surface area (Å²) in [6.07, 6.45) is 1.27. The van der Waals surface area contributed by atoms with Crippen LogP contribution in [0, 0.1) is 6.92 Å². The summed E-state index contributed by atoms with van der Waals surface area (Å²) >= 11 is 5.53. The number of aryl methyl sites for hydroxylation is 1. The highest BCUT2D eigenvalue weighted by atomic mass is 35.5. The van der Waals surface area contributed by atoms with Gasteiger partial charge in [-0.3, -0.25) is 4.98 Å². The summed E-state index contributed by atoms with van der Waals surface area (Å²) in [6, 6.07) is 7.99. The largest absolute Gasteiger partial charge is 0.390 e. The zero-order valence-corrected chi connectivity index (χ0v) is 10.4. The molecule has 2 rings (SSSR count). The number of anilines is 1. The Hall–Kier alpha value is -1.32. The SMILES string of the molecule is Cc1ccnc2cc(NCC(O)CCl)ccc12. The van der Waals surface area contributed by atoms with Crippen LogP contribution in [0.2, 0.25) is 0 Å². The number of halogens is 1. The van der Waals surface area contributed by atoms with Gasteiger partial charge in [0.05, 0.1) is 17.5 Å². The summed E-state index contributed by atoms with van der Waals surface area (Å²) in [4.78, 5) is 4.32. The number of aromatic nitrogens is 1. The predicted molar refractivity (Wildman–Crippen MR) is 71.7 cm³/mol. The molecule has 1 unspecified atom stereocenters. The fourth-order valence-electron chi connectivity index (χ4n) is 1.69. The van der Waals surface area contributed by atoms with E-state index in [0.29, 0.717) is 6.54 Å². The van der Waals surface area contributed by atoms with E-state index in [1.165, 1.54) is 5.56 Å². The number of fused-ring (bicyclic) bond motifs is 1. The zero-order chi connectivity index (χ0) is 12.3. The lowest BCUT2D eigenvalue weighted by Gasteiger charge is -2.10. The van der Waals surface area contributed by atoms with Crippen LogP contribution in [0.5, 0.6) is 0 Å². The van der Waals surface area contributed by atoms with Crippen LogP contribution < -0.4 is 5.32 Å². The van der Waals surface area contributed by atoms with Crippen LogP contribution in [0.4, 0.5) is 5.69 Å². The summed E-state index contributed by atoms with van der Waals surface area (Å²) in [5.41, 5.74) is 3.11. The number of alkyl halides is 1. The highest BCUT2D eigenvalue weighted by Gasteiger charge is 2.03. The second kappa shape index (κ2) is 5.34. The van der Waals surface area contributed by atoms with Crippen LogP contribution >= 0.6 is 11.6 Å². The molecule has 2 N–H and O–H groups in total. The first-order valence-corrected chi connectivity index (χ1v) is 6.07. The van der Waals surface area contributed by atoms with Crippen molar-refractivity contribution in [2.75, 3.05) is 17.7 Å². The molecule has 2 aromatic rings. The molecular formula is C13H15ClN2O. The number of nitrogens with one attached hydrogen (secondary N) is 1. The van der Waals surface area contributed by atoms with Crippen molar-refractivity contribution in [1.29, 1.82) is 0 Å². The molecule has 1 aromatic heterocycles. The maximum Gasteiger partial charge on any atom is 0.0847 e. The van der Waals surface area contributed by atoms with Crippen LogP contribution in [0.3, 0.4) is 0 Å². The van der Waals surface area contributed by atoms with E-state index in [9.17, 15) is 5.11 Å². The number of nitrogens with zero attached hydrogens (tertiary/aromatic N) is 1. The van der Waals surface area contributed by atoms with E-state index in [1.54, 1.807) is 6.20 Å². The number of benzene rings is 1. The average molecular weight is 251 g/mol. The van der Waals surface area contributed by atoms with Gasteiger partial charge in [-0.1, -0.05) is 6.07 Å². The van der Waals surface area contributed by atoms with Gasteiger partial charge in [0.2, 0.25) is 0 Å². The zero-order valence-electron chi connectivity index (χ0n) is 9.65. The molecular weight excluding hydrogens is 236 g/mol. The first kappa shape index (κ1) is 12.1. The number of pyridine rings is 1. The first-order valence-electron chi connectivity index (χ1n) is 5.54. The van der Waals surface area contributed by atoms with E-state index >= 15 is 0 Å². The summed E-state index contributed by atoms with van der Waals surface area (Å²) in [5.74, 6) is 0.234. The molecule has 0 spiro atoms. The summed E-state index contributed by atoms with van der Waals surface area (Å²) in [6.45, 7) is 2.51. The van der Waals surface area contributed by atoms with Gasteiger partial charge >= 0.3 is 0 Å². The van der Waals surface area contributed by atoms with Crippen LogP contribution in [0.15, 0.2) is 30.5 Å². The summed E-state index contributed by atoms with van der Waals surface area (Å²) in [5, 5.41) is 13.6. The highest BCUT2D eigenvalue weighted by Crippen LogP contribution is 2.20. The molecule has 1 heterocycles. The fourth-order valence-corrected chi connectivity index (χ4v) is 1.80. The monoisotopic (exact) mass is 250 g/mol. The number of hydrogen-bond donors (Lipinski definition) is 2. The lowest BCUT2D eigenvalue weighted by molar-refractivity contribution is 0.211. The standard InChI is InChI=1S/C13H15ClN2O/c1-9-4-5-15-13-6-10(2-3-12(9)13)16-8-11(17)7-14/h2-6,11,16-17H,7-8H2,1H3. The fraction of sp³-hybridized carbons (Fsp3) is 0.308. The highest BCUT2D eigenvalue weighted by molar-refractivity contribution is 6.18. The molecule has 3 nitrogen and oxygen atoms in total. The van der Waals surface area contributed by atoms with Crippen molar-refractivity contribution in [3.8, 4) is 0 Å². The van der Waals surface area contributed by atoms with Crippen molar-refractivity contribution in [2.24, 2.45) is 0 Å². The van der Waals surface area contributed by atoms with Crippen LogP contribution in [-0.2, 0) is 0 Å². The average Bonchev–Trinajstić information content (AvgIpc) is 2.36. The Morgan fingerprint density at radius 3 is 3.00 bits per heavy atom. The number of rotatable bonds is 4. The normalized spacial score (nSPS) is 12.6. The van der Waals surface area contributed by atoms with Crippen molar-refractivity contribution in [3.05, 3.63) is 36.0 Å². The van der Waals surface area contributed by atoms with E-state index in [1.807, 2.05) is 24.3 Å². The van der Waals surface area contributed by atoms with Crippen molar-refractivity contribution in [3.63, 3.8) is 0 Å². The number of aliphatic hydroxyl groups excluding tert-OH is 1. The van der Waals surface area contributed by atoms with Gasteiger partial charge in [-0.15, -0.1) is 11.6 Å². The summed E-state index contributed by atoms with van der Waals surface area (Å²) in [7, 11) is 0. The van der Waals surface area contributed by atoms with E-state index in [2.05, 4.69) is 17.2 Å². The lowest BCUT2D eigenvalue weighted by Crippen LogP contribution is -2.20. The van der Waals surface area contributed by atoms with Gasteiger partial charge in [0.1, 0.15) is 0 Å². The molecule has 0 saturated heterocycles. The Kier molecular flexibility index (Phi) is 3.82. The molecule has 1 atom stereocenters. The second-order valence-electron chi connectivity index (χ2n) is 4.05. The Bertz CT molecular complexity index is 516. The maximum atomic E-state index is 9.37. The van der Waals surface area contributed by atoms with Crippen LogP contribution in [0.1, 0.15) is 5.56 Å². The Labute approximate surface area is 105 Å². The van der Waals surface area contributed by atoms with Gasteiger partial charge in [0.15, 0.2) is 0 Å². The van der Waals surface area contributed by atoms with Crippen molar-refractivity contribution >= 4 is 28.2 Å². The van der Waals surface area contributed by atoms with Gasteiger partial charge in [0.25, 0.3) is 0 Å². The second-order valence-corrected chi connectivity index (χ2v) is 4.36. The number of hydrogen-bond acceptors (Lipinski definition) is 3. The van der Waals surface area contributed by atoms with Gasteiger partial charge < -0.3 is 10.4 Å². The molecule has 1 aromatic carbocycles. The third-order valence-corrected chi connectivity index (χ3v) is 3.04. The van der Waals surface area contributed by atoms with Crippen LogP contribution in [-0.4, -0.2) is 28.6 Å². The third-order valence-electron chi connectivity index (χ3n) is 2.68. The molecule has 4 heteroatoms. The molecule has 17 heavy (non-hydrogen) atoms. The lowest BCUT2D eigenvalue weighted by atomic mass is 10.1. The summed E-state index contributed by atoms with van der Waals surface area (Å²) < 4.78 is 0. The molecule has 0 aliphatic rings. The molecule has 90 valence electrons. The predicted octanol–water partition coefficient (Wildman–Crippen LogP) is 2.55. The topological polar surface area (TPSA) is 45.2 Å². The minimum atomic E-state index is -0.530. The molecule has 0 amide bonds. The molecule has 0 radical (unpaired) electrons. The van der Waals surface area contributed by atoms with Crippen LogP contribution in [0.25, 0.3) is 10.9 Å². The van der Waals surface area contributed by atoms with E-state index in [4.69, 9.17) is 11.6 Å². The Morgan fingerprint density at radius 1 is 1.41 bits per heavy atom. The molecule has 0 aliphatic carbocycles. The number of aliphatic hydroxyl groups is 1. The molecule has 0 bridgehead atoms. The van der Waals surface area contributed by atoms with Gasteiger partial charge in [-0.2, -0.15) is 0 Å². The third kappa shape index (κ3) is 2.87. The Morgan fingerprint density at radius 2 is 2.24 bits per heavy atom. The van der Waals surface area contributed by atoms with Crippen molar-refractivity contribution in [1.82, 2.24) is 4.98 Å². The van der Waals surface area contributed by atoms with Crippen molar-refractivity contribution < 1.29 is 5.11 Å². The minimum absolute atomic E-state index is 0.234. The van der Waals surface area contributed by atoms with E-state index in [-0.39, 0.29) is 5.88 Å². The smallest absolute Gasteiger partial charge is 0.0847 e. The first-order chi connectivity index (χ1) is 8.20. The van der Waals surface area contributed by atoms with E-state index < -0.39 is 6.10 Å². The van der Waals surface area contributed by atoms with Crippen molar-refractivity contribution in [2.45, 2.75) is 13.0 Å². The van der Waals surface area contributed by atoms with Gasteiger partial charge in [-0.05, 0) is 30.7 Å². The molecule has 0 saturated carbocycles. The molecule has 0 aliphatic heterocycles.